The minimum Gasteiger partial charge on any atom is -0.481 e. The maximum Gasteiger partial charge on any atom is 0.326 e. The van der Waals surface area contributed by atoms with E-state index in [1.165, 1.54) is 0 Å². The minimum absolute atomic E-state index is 0.0456. The number of hydrogen-bond donors (Lipinski definition) is 4. The van der Waals surface area contributed by atoms with Crippen LogP contribution in [0.1, 0.15) is 19.2 Å². The van der Waals surface area contributed by atoms with Gasteiger partial charge in [-0.05, 0) is 0 Å². The quantitative estimate of drug-likeness (QED) is 0.547. The maximum atomic E-state index is 11.2. The van der Waals surface area contributed by atoms with Gasteiger partial charge in [-0.1, -0.05) is 6.92 Å². The Hall–Kier alpha value is -2.38. The first-order chi connectivity index (χ1) is 8.42. The first-order valence-corrected chi connectivity index (χ1v) is 5.23. The van der Waals surface area contributed by atoms with Crippen LogP contribution in [0.15, 0.2) is 10.9 Å². The predicted molar refractivity (Wildman–Crippen MR) is 61.5 cm³/mol. The van der Waals surface area contributed by atoms with E-state index >= 15 is 0 Å². The summed E-state index contributed by atoms with van der Waals surface area (Å²) in [5, 5.41) is 19.8. The van der Waals surface area contributed by atoms with Crippen LogP contribution in [-0.4, -0.2) is 38.2 Å². The second-order valence-electron chi connectivity index (χ2n) is 3.56. The van der Waals surface area contributed by atoms with Crippen molar-refractivity contribution < 1.29 is 19.8 Å². The normalized spacial score (nSPS) is 11.8. The number of carboxylic acid groups (broad SMARTS) is 2. The third-order valence-corrected chi connectivity index (χ3v) is 2.12. The van der Waals surface area contributed by atoms with E-state index in [4.69, 9.17) is 10.2 Å². The first kappa shape index (κ1) is 13.7. The van der Waals surface area contributed by atoms with Gasteiger partial charge in [-0.15, -0.1) is 0 Å². The van der Waals surface area contributed by atoms with E-state index in [0.717, 1.165) is 6.07 Å². The average Bonchev–Trinajstić information content (AvgIpc) is 2.26. The van der Waals surface area contributed by atoms with Crippen molar-refractivity contribution >= 4 is 17.8 Å². The number of carboxylic acids is 2. The third-order valence-electron chi connectivity index (χ3n) is 2.12. The Bertz CT molecular complexity index is 510. The van der Waals surface area contributed by atoms with Gasteiger partial charge in [0.25, 0.3) is 5.56 Å². The largest absolute Gasteiger partial charge is 0.481 e. The van der Waals surface area contributed by atoms with Crippen LogP contribution >= 0.6 is 0 Å². The number of H-pyrrole nitrogens is 1. The van der Waals surface area contributed by atoms with E-state index in [0.29, 0.717) is 12.2 Å². The average molecular weight is 255 g/mol. The summed E-state index contributed by atoms with van der Waals surface area (Å²) < 4.78 is 0. The number of aromatic amines is 1. The van der Waals surface area contributed by atoms with Crippen molar-refractivity contribution in [1.82, 2.24) is 9.97 Å². The molecular formula is C10H13N3O5. The molecule has 0 aromatic carbocycles. The molecule has 0 saturated heterocycles. The molecule has 0 saturated carbocycles. The molecule has 1 aromatic rings. The lowest BCUT2D eigenvalue weighted by atomic mass is 10.2. The number of aryl methyl sites for hydroxylation is 1. The number of carbonyl (C=O) groups is 2. The fourth-order valence-corrected chi connectivity index (χ4v) is 1.30. The molecule has 0 aliphatic heterocycles. The van der Waals surface area contributed by atoms with Gasteiger partial charge in [-0.3, -0.25) is 9.59 Å². The predicted octanol–water partition coefficient (Wildman–Crippen LogP) is -0.328. The molecule has 0 fully saturated rings. The van der Waals surface area contributed by atoms with E-state index in [-0.39, 0.29) is 5.82 Å². The topological polar surface area (TPSA) is 132 Å². The van der Waals surface area contributed by atoms with Crippen LogP contribution in [-0.2, 0) is 16.0 Å². The molecule has 1 heterocycles. The fourth-order valence-electron chi connectivity index (χ4n) is 1.30. The lowest BCUT2D eigenvalue weighted by molar-refractivity contribution is -0.144. The molecule has 0 bridgehead atoms. The summed E-state index contributed by atoms with van der Waals surface area (Å²) >= 11 is 0. The van der Waals surface area contributed by atoms with Gasteiger partial charge in [-0.2, -0.15) is 0 Å². The highest BCUT2D eigenvalue weighted by atomic mass is 16.4. The Morgan fingerprint density at radius 1 is 1.50 bits per heavy atom. The van der Waals surface area contributed by atoms with Crippen LogP contribution in [0.4, 0.5) is 5.82 Å². The summed E-state index contributed by atoms with van der Waals surface area (Å²) in [7, 11) is 0. The maximum absolute atomic E-state index is 11.2. The van der Waals surface area contributed by atoms with Crippen LogP contribution in [0, 0.1) is 0 Å². The van der Waals surface area contributed by atoms with Crippen molar-refractivity contribution in [3.05, 3.63) is 22.2 Å². The molecule has 0 aliphatic carbocycles. The van der Waals surface area contributed by atoms with Gasteiger partial charge in [-0.25, -0.2) is 9.78 Å². The summed E-state index contributed by atoms with van der Waals surface area (Å²) in [5.74, 6) is -2.14. The van der Waals surface area contributed by atoms with Crippen LogP contribution < -0.4 is 10.9 Å². The highest BCUT2D eigenvalue weighted by molar-refractivity contribution is 5.83. The molecule has 4 N–H and O–H groups in total. The Kier molecular flexibility index (Phi) is 4.41. The zero-order chi connectivity index (χ0) is 13.7. The molecule has 1 unspecified atom stereocenters. The van der Waals surface area contributed by atoms with E-state index in [1.807, 2.05) is 0 Å². The number of nitrogens with one attached hydrogen (secondary N) is 2. The van der Waals surface area contributed by atoms with Crippen LogP contribution in [0.2, 0.25) is 0 Å². The Morgan fingerprint density at radius 2 is 2.17 bits per heavy atom. The standard InChI is InChI=1S/C10H13N3O5/c1-2-6-12-7(4-8(14)13-6)11-5(10(17)18)3-9(15)16/h4-5H,2-3H2,1H3,(H,15,16)(H,17,18)(H2,11,12,13,14). The third kappa shape index (κ3) is 3.89. The number of hydrogen-bond acceptors (Lipinski definition) is 5. The Morgan fingerprint density at radius 3 is 2.67 bits per heavy atom. The van der Waals surface area contributed by atoms with Crippen LogP contribution in [0.25, 0.3) is 0 Å². The molecule has 1 atom stereocenters. The molecule has 18 heavy (non-hydrogen) atoms. The lowest BCUT2D eigenvalue weighted by Crippen LogP contribution is -2.32. The molecule has 0 aliphatic rings. The summed E-state index contributed by atoms with van der Waals surface area (Å²) in [4.78, 5) is 39.0. The van der Waals surface area contributed by atoms with Gasteiger partial charge < -0.3 is 20.5 Å². The number of aliphatic carboxylic acids is 2. The van der Waals surface area contributed by atoms with Crippen LogP contribution in [0.3, 0.4) is 0 Å². The summed E-state index contributed by atoms with van der Waals surface area (Å²) in [6.45, 7) is 1.77. The number of nitrogens with zero attached hydrogens (tertiary/aromatic N) is 1. The SMILES string of the molecule is CCc1nc(NC(CC(=O)O)C(=O)O)cc(=O)[nH]1. The Balaban J connectivity index is 2.93. The minimum atomic E-state index is -1.33. The van der Waals surface area contributed by atoms with Gasteiger partial charge in [0.1, 0.15) is 17.7 Å². The zero-order valence-electron chi connectivity index (χ0n) is 9.64. The summed E-state index contributed by atoms with van der Waals surface area (Å²) in [5.41, 5.74) is -0.427. The van der Waals surface area contributed by atoms with Gasteiger partial charge >= 0.3 is 11.9 Å². The zero-order valence-corrected chi connectivity index (χ0v) is 9.64. The number of anilines is 1. The van der Waals surface area contributed by atoms with E-state index in [1.54, 1.807) is 6.92 Å². The second-order valence-corrected chi connectivity index (χ2v) is 3.56. The number of aromatic nitrogens is 2. The molecular weight excluding hydrogens is 242 g/mol. The Labute approximate surface area is 102 Å². The molecule has 1 rings (SSSR count). The van der Waals surface area contributed by atoms with E-state index < -0.39 is 30.0 Å². The molecule has 1 aromatic heterocycles. The first-order valence-electron chi connectivity index (χ1n) is 5.23. The van der Waals surface area contributed by atoms with Crippen molar-refractivity contribution in [2.75, 3.05) is 5.32 Å². The van der Waals surface area contributed by atoms with Crippen molar-refractivity contribution in [2.45, 2.75) is 25.8 Å². The van der Waals surface area contributed by atoms with Gasteiger partial charge in [0.15, 0.2) is 0 Å². The van der Waals surface area contributed by atoms with Crippen molar-refractivity contribution in [1.29, 1.82) is 0 Å². The monoisotopic (exact) mass is 255 g/mol. The molecule has 0 spiro atoms. The molecule has 98 valence electrons. The van der Waals surface area contributed by atoms with E-state index in [9.17, 15) is 14.4 Å². The fraction of sp³-hybridized carbons (Fsp3) is 0.400. The van der Waals surface area contributed by atoms with Crippen molar-refractivity contribution in [2.24, 2.45) is 0 Å². The van der Waals surface area contributed by atoms with Crippen molar-refractivity contribution in [3.8, 4) is 0 Å². The van der Waals surface area contributed by atoms with E-state index in [2.05, 4.69) is 15.3 Å². The van der Waals surface area contributed by atoms with Crippen molar-refractivity contribution in [3.63, 3.8) is 0 Å². The molecule has 0 amide bonds. The second kappa shape index (κ2) is 5.80. The molecule has 0 radical (unpaired) electrons. The molecule has 8 nitrogen and oxygen atoms in total. The summed E-state index contributed by atoms with van der Waals surface area (Å²) in [6.07, 6.45) is -0.132. The highest BCUT2D eigenvalue weighted by Gasteiger charge is 2.21. The summed E-state index contributed by atoms with van der Waals surface area (Å²) in [6, 6.07) is -0.252. The lowest BCUT2D eigenvalue weighted by Gasteiger charge is -2.13. The smallest absolute Gasteiger partial charge is 0.326 e. The highest BCUT2D eigenvalue weighted by Crippen LogP contribution is 2.05. The number of rotatable bonds is 6. The van der Waals surface area contributed by atoms with Gasteiger partial charge in [0.05, 0.1) is 6.42 Å². The van der Waals surface area contributed by atoms with Crippen LogP contribution in [0.5, 0.6) is 0 Å². The van der Waals surface area contributed by atoms with Gasteiger partial charge in [0, 0.05) is 12.5 Å². The molecule has 8 heteroatoms. The van der Waals surface area contributed by atoms with Gasteiger partial charge in [0.2, 0.25) is 0 Å².